The molecule has 0 heterocycles. The molecule has 0 unspecified atom stereocenters. The van der Waals surface area contributed by atoms with E-state index in [2.05, 4.69) is 0 Å². The van der Waals surface area contributed by atoms with Gasteiger partial charge in [0.15, 0.2) is 0 Å². The van der Waals surface area contributed by atoms with Crippen molar-refractivity contribution in [2.75, 3.05) is 0 Å². The van der Waals surface area contributed by atoms with E-state index >= 15 is 0 Å². The average molecular weight is 302 g/mol. The minimum Gasteiger partial charge on any atom is -0.550 e. The van der Waals surface area contributed by atoms with E-state index < -0.39 is 5.97 Å². The number of carboxylic acid groups (broad SMARTS) is 1. The van der Waals surface area contributed by atoms with Crippen molar-refractivity contribution in [1.82, 2.24) is 6.15 Å². The van der Waals surface area contributed by atoms with E-state index in [1.54, 1.807) is 0 Å². The molecule has 0 aliphatic carbocycles. The van der Waals surface area contributed by atoms with Crippen molar-refractivity contribution in [3.63, 3.8) is 0 Å². The second kappa shape index (κ2) is 16.2. The largest absolute Gasteiger partial charge is 0.550 e. The number of rotatable bonds is 0. The zero-order chi connectivity index (χ0) is 3.58. The van der Waals surface area contributed by atoms with E-state index in [0.29, 0.717) is 0 Å². The molecule has 44 valence electrons. The van der Waals surface area contributed by atoms with Crippen LogP contribution in [-0.4, -0.2) is 38.7 Å². The molecule has 0 aromatic carbocycles. The van der Waals surface area contributed by atoms with Crippen molar-refractivity contribution in [3.05, 3.63) is 0 Å². The summed E-state index contributed by atoms with van der Waals surface area (Å²) in [5, 5.41) is 8.89. The maximum absolute atomic E-state index is 8.89. The van der Waals surface area contributed by atoms with Gasteiger partial charge >= 0.3 is 0 Å². The molecule has 6 N–H and O–H groups in total. The molecule has 0 spiro atoms. The summed E-state index contributed by atoms with van der Waals surface area (Å²) in [6.07, 6.45) is 0. The third-order valence-corrected chi connectivity index (χ3v) is 0. The van der Waals surface area contributed by atoms with E-state index in [4.69, 9.17) is 9.90 Å². The van der Waals surface area contributed by atoms with Gasteiger partial charge in [-0.2, -0.15) is 0 Å². The first-order valence-corrected chi connectivity index (χ1v) is 0.908. The molecular weight excluding hydrogens is 293 g/mol. The van der Waals surface area contributed by atoms with Crippen LogP contribution in [0.25, 0.3) is 0 Å². The predicted molar refractivity (Wildman–Crippen MR) is 26.0 cm³/mol. The van der Waals surface area contributed by atoms with Crippen molar-refractivity contribution < 1.29 is 15.4 Å². The summed E-state index contributed by atoms with van der Waals surface area (Å²) in [5.74, 6) is -1.08. The van der Waals surface area contributed by atoms with E-state index in [9.17, 15) is 0 Å². The smallest absolute Gasteiger partial charge is 0.0383 e. The molecule has 0 rings (SSSR count). The van der Waals surface area contributed by atoms with Gasteiger partial charge in [-0.05, 0) is 6.92 Å². The van der Waals surface area contributed by atoms with Gasteiger partial charge in [0, 0.05) is 33.3 Å². The van der Waals surface area contributed by atoms with Crippen LogP contribution in [0.5, 0.6) is 0 Å². The van der Waals surface area contributed by atoms with Gasteiger partial charge in [0.05, 0.1) is 0 Å². The van der Waals surface area contributed by atoms with Crippen LogP contribution in [0.3, 0.4) is 0 Å². The Hall–Kier alpha value is 0.312. The SMILES string of the molecule is CC(=O)[O-].O.[NH4+].[Pb]. The molecule has 5 heteroatoms. The third-order valence-electron chi connectivity index (χ3n) is 0. The normalized spacial score (nSPS) is 3.57. The van der Waals surface area contributed by atoms with Crippen molar-refractivity contribution in [2.45, 2.75) is 6.92 Å². The molecule has 0 bridgehead atoms. The topological polar surface area (TPSA) is 108 Å². The minimum atomic E-state index is -1.08. The standard InChI is InChI=1S/C2H4O2.H3N.H2O.Pb/c1-2(3)4;;;/h1H3,(H,3,4);1H3;1H2;. The second-order valence-corrected chi connectivity index (χ2v) is 0.492. The maximum atomic E-state index is 8.89. The van der Waals surface area contributed by atoms with Crippen molar-refractivity contribution in [1.29, 1.82) is 0 Å². The summed E-state index contributed by atoms with van der Waals surface area (Å²) in [6, 6.07) is 0. The summed E-state index contributed by atoms with van der Waals surface area (Å²) in [7, 11) is 0. The summed E-state index contributed by atoms with van der Waals surface area (Å²) < 4.78 is 0. The van der Waals surface area contributed by atoms with Gasteiger partial charge in [-0.25, -0.2) is 0 Å². The van der Waals surface area contributed by atoms with E-state index in [1.807, 2.05) is 0 Å². The minimum absolute atomic E-state index is 0. The molecule has 0 saturated carbocycles. The molecule has 0 fully saturated rings. The molecule has 0 saturated heterocycles. The maximum Gasteiger partial charge on any atom is 0.0383 e. The molecule has 0 aromatic heterocycles. The van der Waals surface area contributed by atoms with Gasteiger partial charge < -0.3 is 21.5 Å². The van der Waals surface area contributed by atoms with Crippen LogP contribution in [0.2, 0.25) is 0 Å². The Balaban J connectivity index is -0.0000000150. The summed E-state index contributed by atoms with van der Waals surface area (Å²) in [4.78, 5) is 8.89. The Morgan fingerprint density at radius 2 is 1.57 bits per heavy atom. The Morgan fingerprint density at radius 1 is 1.57 bits per heavy atom. The van der Waals surface area contributed by atoms with Crippen LogP contribution in [0.15, 0.2) is 0 Å². The molecule has 0 aliphatic heterocycles. The summed E-state index contributed by atoms with van der Waals surface area (Å²) >= 11 is 0. The number of carboxylic acids is 1. The Bertz CT molecular complexity index is 35.9. The number of hydrogen-bond donors (Lipinski definition) is 1. The first kappa shape index (κ1) is 26.6. The van der Waals surface area contributed by atoms with Crippen molar-refractivity contribution in [2.24, 2.45) is 0 Å². The number of carbonyl (C=O) groups excluding carboxylic acids is 1. The van der Waals surface area contributed by atoms with Crippen molar-refractivity contribution in [3.8, 4) is 0 Å². The molecule has 7 heavy (non-hydrogen) atoms. The quantitative estimate of drug-likeness (QED) is 0.519. The van der Waals surface area contributed by atoms with E-state index in [0.717, 1.165) is 6.92 Å². The second-order valence-electron chi connectivity index (χ2n) is 0.492. The number of carbonyl (C=O) groups is 1. The summed E-state index contributed by atoms with van der Waals surface area (Å²) in [5.41, 5.74) is 0. The Morgan fingerprint density at radius 3 is 1.57 bits per heavy atom. The average Bonchev–Trinajstić information content (AvgIpc) is 0.811. The number of hydrogen-bond acceptors (Lipinski definition) is 2. The number of aliphatic carboxylic acids is 1. The first-order valence-electron chi connectivity index (χ1n) is 0.908. The van der Waals surface area contributed by atoms with Crippen molar-refractivity contribution >= 4 is 33.3 Å². The molecule has 0 amide bonds. The van der Waals surface area contributed by atoms with Crippen LogP contribution in [-0.2, 0) is 4.79 Å². The zero-order valence-electron chi connectivity index (χ0n) is 4.32. The third kappa shape index (κ3) is 1210. The fourth-order valence-electron chi connectivity index (χ4n) is 0. The molecule has 0 atom stereocenters. The molecular formula is C2H9NO3Pb. The van der Waals surface area contributed by atoms with Gasteiger partial charge in [0.2, 0.25) is 0 Å². The van der Waals surface area contributed by atoms with Crippen LogP contribution < -0.4 is 11.3 Å². The van der Waals surface area contributed by atoms with Crippen LogP contribution in [0.1, 0.15) is 6.92 Å². The molecule has 4 radical (unpaired) electrons. The van der Waals surface area contributed by atoms with Crippen LogP contribution in [0, 0.1) is 0 Å². The Labute approximate surface area is 62.0 Å². The van der Waals surface area contributed by atoms with Crippen LogP contribution >= 0.6 is 0 Å². The van der Waals surface area contributed by atoms with Crippen LogP contribution in [0.4, 0.5) is 0 Å². The monoisotopic (exact) mass is 303 g/mol. The van der Waals surface area contributed by atoms with Gasteiger partial charge in [-0.3, -0.25) is 0 Å². The first-order chi connectivity index (χ1) is 1.73. The van der Waals surface area contributed by atoms with Gasteiger partial charge in [-0.1, -0.05) is 0 Å². The van der Waals surface area contributed by atoms with Gasteiger partial charge in [-0.15, -0.1) is 0 Å². The number of quaternary nitrogens is 1. The Kier molecular flexibility index (Phi) is 61.6. The zero-order valence-corrected chi connectivity index (χ0v) is 8.20. The molecule has 0 aliphatic rings. The summed E-state index contributed by atoms with van der Waals surface area (Å²) in [6.45, 7) is 0.972. The molecule has 4 nitrogen and oxygen atoms in total. The van der Waals surface area contributed by atoms with Gasteiger partial charge in [0.25, 0.3) is 0 Å². The van der Waals surface area contributed by atoms with E-state index in [-0.39, 0.29) is 38.9 Å². The van der Waals surface area contributed by atoms with E-state index in [1.165, 1.54) is 0 Å². The van der Waals surface area contributed by atoms with Gasteiger partial charge in [0.1, 0.15) is 0 Å². The predicted octanol–water partition coefficient (Wildman–Crippen LogP) is -2.07. The molecule has 0 aromatic rings. The fourth-order valence-corrected chi connectivity index (χ4v) is 0. The fraction of sp³-hybridized carbons (Fsp3) is 0.500.